The molecule has 0 aromatic heterocycles. The number of hydrogen-bond acceptors (Lipinski definition) is 4. The molecule has 0 aliphatic heterocycles. The summed E-state index contributed by atoms with van der Waals surface area (Å²) in [6, 6.07) is 15.6. The van der Waals surface area contributed by atoms with E-state index in [4.69, 9.17) is 0 Å². The topological polar surface area (TPSA) is 80.3 Å². The number of hydrogen-bond donors (Lipinski definition) is 1. The van der Waals surface area contributed by atoms with Crippen molar-refractivity contribution < 1.29 is 16.8 Å². The van der Waals surface area contributed by atoms with Crippen molar-refractivity contribution in [2.45, 2.75) is 4.90 Å². The number of rotatable bonds is 5. The maximum atomic E-state index is 12.0. The highest BCUT2D eigenvalue weighted by atomic mass is 32.3. The standard InChI is InChI=1S/C13H13NO4S2/c15-19(16,13-9-5-2-6-10-13)11-20(17,18)14-12-7-3-1-4-8-12/h1-10,14H,11H2. The maximum Gasteiger partial charge on any atom is 0.247 e. The van der Waals surface area contributed by atoms with Crippen LogP contribution in [0.1, 0.15) is 0 Å². The van der Waals surface area contributed by atoms with E-state index in [0.29, 0.717) is 5.69 Å². The lowest BCUT2D eigenvalue weighted by atomic mass is 10.3. The van der Waals surface area contributed by atoms with Crippen molar-refractivity contribution in [2.75, 3.05) is 9.81 Å². The molecule has 0 aliphatic carbocycles. The Hall–Kier alpha value is -1.86. The first-order chi connectivity index (χ1) is 9.39. The second-order valence-electron chi connectivity index (χ2n) is 4.13. The van der Waals surface area contributed by atoms with Gasteiger partial charge in [0.05, 0.1) is 4.90 Å². The molecule has 0 unspecified atom stereocenters. The number of anilines is 1. The highest BCUT2D eigenvalue weighted by molar-refractivity contribution is 8.08. The van der Waals surface area contributed by atoms with Crippen LogP contribution in [0, 0.1) is 0 Å². The number of sulfone groups is 1. The molecule has 5 nitrogen and oxygen atoms in total. The largest absolute Gasteiger partial charge is 0.283 e. The summed E-state index contributed by atoms with van der Waals surface area (Å²) >= 11 is 0. The Labute approximate surface area is 118 Å². The van der Waals surface area contributed by atoms with Gasteiger partial charge in [-0.25, -0.2) is 16.8 Å². The summed E-state index contributed by atoms with van der Waals surface area (Å²) in [6.07, 6.45) is 0. The van der Waals surface area contributed by atoms with E-state index in [9.17, 15) is 16.8 Å². The van der Waals surface area contributed by atoms with Crippen LogP contribution in [-0.2, 0) is 19.9 Å². The third kappa shape index (κ3) is 3.82. The van der Waals surface area contributed by atoms with E-state index in [0.717, 1.165) is 0 Å². The van der Waals surface area contributed by atoms with Gasteiger partial charge in [0.2, 0.25) is 10.0 Å². The van der Waals surface area contributed by atoms with Gasteiger partial charge in [0, 0.05) is 5.69 Å². The summed E-state index contributed by atoms with van der Waals surface area (Å²) < 4.78 is 50.1. The molecule has 1 N–H and O–H groups in total. The lowest BCUT2D eigenvalue weighted by Crippen LogP contribution is -2.23. The minimum Gasteiger partial charge on any atom is -0.283 e. The lowest BCUT2D eigenvalue weighted by Gasteiger charge is -2.08. The minimum absolute atomic E-state index is 0.0153. The number of benzene rings is 2. The van der Waals surface area contributed by atoms with Crippen molar-refractivity contribution in [2.24, 2.45) is 0 Å². The predicted molar refractivity (Wildman–Crippen MR) is 77.5 cm³/mol. The van der Waals surface area contributed by atoms with Gasteiger partial charge in [0.15, 0.2) is 14.9 Å². The van der Waals surface area contributed by atoms with Crippen LogP contribution in [0.2, 0.25) is 0 Å². The highest BCUT2D eigenvalue weighted by Crippen LogP contribution is 2.15. The Bertz CT molecular complexity index is 770. The average Bonchev–Trinajstić information content (AvgIpc) is 2.39. The third-order valence-corrected chi connectivity index (χ3v) is 6.48. The maximum absolute atomic E-state index is 12.0. The molecule has 20 heavy (non-hydrogen) atoms. The first kappa shape index (κ1) is 14.5. The molecular formula is C13H13NO4S2. The molecule has 0 atom stereocenters. The molecule has 0 amide bonds. The Kier molecular flexibility index (Phi) is 4.10. The third-order valence-electron chi connectivity index (χ3n) is 2.46. The second-order valence-corrected chi connectivity index (χ2v) is 8.21. The van der Waals surface area contributed by atoms with Crippen LogP contribution in [0.15, 0.2) is 65.6 Å². The Balaban J connectivity index is 2.21. The van der Waals surface area contributed by atoms with E-state index >= 15 is 0 Å². The zero-order valence-electron chi connectivity index (χ0n) is 10.4. The van der Waals surface area contributed by atoms with Crippen molar-refractivity contribution in [3.63, 3.8) is 0 Å². The molecule has 0 bridgehead atoms. The fourth-order valence-corrected chi connectivity index (χ4v) is 5.10. The van der Waals surface area contributed by atoms with Crippen LogP contribution < -0.4 is 4.72 Å². The van der Waals surface area contributed by atoms with Crippen molar-refractivity contribution >= 4 is 25.5 Å². The first-order valence-corrected chi connectivity index (χ1v) is 9.03. The molecule has 0 aliphatic rings. The van der Waals surface area contributed by atoms with Crippen LogP contribution in [0.25, 0.3) is 0 Å². The zero-order chi connectivity index (χ0) is 14.6. The minimum atomic E-state index is -3.98. The van der Waals surface area contributed by atoms with Gasteiger partial charge in [-0.05, 0) is 24.3 Å². The SMILES string of the molecule is O=S(=O)(CS(=O)(=O)c1ccccc1)Nc1ccccc1. The molecule has 0 fully saturated rings. The fraction of sp³-hybridized carbons (Fsp3) is 0.0769. The van der Waals surface area contributed by atoms with Gasteiger partial charge in [-0.1, -0.05) is 36.4 Å². The van der Waals surface area contributed by atoms with Crippen molar-refractivity contribution in [1.82, 2.24) is 0 Å². The molecule has 2 aromatic rings. The van der Waals surface area contributed by atoms with E-state index in [2.05, 4.69) is 4.72 Å². The summed E-state index contributed by atoms with van der Waals surface area (Å²) in [5.41, 5.74) is 0.329. The first-order valence-electron chi connectivity index (χ1n) is 5.72. The van der Waals surface area contributed by atoms with E-state index in [1.54, 1.807) is 48.5 Å². The summed E-state index contributed by atoms with van der Waals surface area (Å²) in [4.78, 5) is -0.0153. The van der Waals surface area contributed by atoms with Crippen LogP contribution in [0.5, 0.6) is 0 Å². The normalized spacial score (nSPS) is 12.0. The summed E-state index contributed by atoms with van der Waals surface area (Å²) in [5, 5.41) is -0.987. The fourth-order valence-electron chi connectivity index (χ4n) is 1.62. The number of nitrogens with one attached hydrogen (secondary N) is 1. The highest BCUT2D eigenvalue weighted by Gasteiger charge is 2.23. The smallest absolute Gasteiger partial charge is 0.247 e. The molecule has 0 saturated heterocycles. The average molecular weight is 311 g/mol. The zero-order valence-corrected chi connectivity index (χ0v) is 12.1. The molecule has 2 rings (SSSR count). The van der Waals surface area contributed by atoms with Gasteiger partial charge >= 0.3 is 0 Å². The van der Waals surface area contributed by atoms with Gasteiger partial charge in [0.25, 0.3) is 0 Å². The van der Waals surface area contributed by atoms with Crippen LogP contribution >= 0.6 is 0 Å². The molecule has 0 saturated carbocycles. The predicted octanol–water partition coefficient (Wildman–Crippen LogP) is 1.86. The van der Waals surface area contributed by atoms with Crippen molar-refractivity contribution in [3.05, 3.63) is 60.7 Å². The van der Waals surface area contributed by atoms with E-state index in [1.165, 1.54) is 12.1 Å². The Morgan fingerprint density at radius 3 is 1.80 bits per heavy atom. The number of sulfonamides is 1. The van der Waals surface area contributed by atoms with Crippen molar-refractivity contribution in [1.29, 1.82) is 0 Å². The summed E-state index contributed by atoms with van der Waals surface area (Å²) in [5.74, 6) is 0. The molecule has 0 heterocycles. The van der Waals surface area contributed by atoms with E-state index in [-0.39, 0.29) is 4.90 Å². The van der Waals surface area contributed by atoms with Crippen LogP contribution in [-0.4, -0.2) is 21.9 Å². The van der Waals surface area contributed by atoms with E-state index < -0.39 is 24.9 Å². The van der Waals surface area contributed by atoms with Crippen LogP contribution in [0.4, 0.5) is 5.69 Å². The van der Waals surface area contributed by atoms with Gasteiger partial charge in [-0.2, -0.15) is 0 Å². The van der Waals surface area contributed by atoms with E-state index in [1.807, 2.05) is 0 Å². The molecule has 0 radical (unpaired) electrons. The summed E-state index contributed by atoms with van der Waals surface area (Å²) in [7, 11) is -7.87. The second kappa shape index (κ2) is 5.64. The van der Waals surface area contributed by atoms with Crippen molar-refractivity contribution in [3.8, 4) is 0 Å². The lowest BCUT2D eigenvalue weighted by molar-refractivity contribution is 0.591. The molecular weight excluding hydrogens is 298 g/mol. The van der Waals surface area contributed by atoms with Gasteiger partial charge in [-0.3, -0.25) is 4.72 Å². The molecule has 7 heteroatoms. The monoisotopic (exact) mass is 311 g/mol. The molecule has 2 aromatic carbocycles. The molecule has 106 valence electrons. The summed E-state index contributed by atoms with van der Waals surface area (Å²) in [6.45, 7) is 0. The Morgan fingerprint density at radius 2 is 1.25 bits per heavy atom. The quantitative estimate of drug-likeness (QED) is 0.914. The molecule has 0 spiro atoms. The van der Waals surface area contributed by atoms with Gasteiger partial charge < -0.3 is 0 Å². The Morgan fingerprint density at radius 1 is 0.750 bits per heavy atom. The van der Waals surface area contributed by atoms with Gasteiger partial charge in [-0.15, -0.1) is 0 Å². The van der Waals surface area contributed by atoms with Gasteiger partial charge in [0.1, 0.15) is 0 Å². The van der Waals surface area contributed by atoms with Crippen LogP contribution in [0.3, 0.4) is 0 Å². The number of para-hydroxylation sites is 1.